The zero-order chi connectivity index (χ0) is 33.3. The van der Waals surface area contributed by atoms with Gasteiger partial charge in [0.15, 0.2) is 0 Å². The van der Waals surface area contributed by atoms with Crippen molar-refractivity contribution in [1.29, 1.82) is 0 Å². The van der Waals surface area contributed by atoms with E-state index in [0.29, 0.717) is 36.3 Å². The largest absolute Gasteiger partial charge is 0.507 e. The number of amides is 2. The molecule has 0 bridgehead atoms. The number of aromatic hydroxyl groups is 1. The van der Waals surface area contributed by atoms with Crippen LogP contribution in [0.25, 0.3) is 0 Å². The summed E-state index contributed by atoms with van der Waals surface area (Å²) in [5.41, 5.74) is 1.44. The molecule has 2 aliphatic rings. The highest BCUT2D eigenvalue weighted by molar-refractivity contribution is 6.03. The van der Waals surface area contributed by atoms with Gasteiger partial charge < -0.3 is 24.3 Å². The first kappa shape index (κ1) is 35.5. The van der Waals surface area contributed by atoms with E-state index in [0.717, 1.165) is 17.6 Å². The number of β-lactam (4-membered cyclic amide) rings is 1. The third-order valence-corrected chi connectivity index (χ3v) is 8.06. The quantitative estimate of drug-likeness (QED) is 0.222. The van der Waals surface area contributed by atoms with Crippen LogP contribution in [0.1, 0.15) is 63.8 Å². The molecule has 0 aromatic heterocycles. The Morgan fingerprint density at radius 1 is 0.933 bits per heavy atom. The maximum atomic E-state index is 13.6. The number of nitrogens with zero attached hydrogens (tertiary/aromatic N) is 3. The number of benzene rings is 3. The summed E-state index contributed by atoms with van der Waals surface area (Å²) in [6.07, 6.45) is -0.869. The lowest BCUT2D eigenvalue weighted by Crippen LogP contribution is -2.56. The molecule has 8 nitrogen and oxygen atoms in total. The van der Waals surface area contributed by atoms with Crippen molar-refractivity contribution in [3.05, 3.63) is 89.5 Å². The number of halogens is 2. The maximum absolute atomic E-state index is 13.6. The van der Waals surface area contributed by atoms with Gasteiger partial charge in [0.1, 0.15) is 23.1 Å². The van der Waals surface area contributed by atoms with Crippen molar-refractivity contribution in [2.45, 2.75) is 52.7 Å². The highest BCUT2D eigenvalue weighted by Gasteiger charge is 2.49. The number of hydrogen-bond donors (Lipinski definition) is 2. The third kappa shape index (κ3) is 8.58. The van der Waals surface area contributed by atoms with E-state index in [2.05, 4.69) is 14.1 Å². The summed E-state index contributed by atoms with van der Waals surface area (Å²) in [5, 5.41) is 21.7. The van der Waals surface area contributed by atoms with Gasteiger partial charge in [-0.05, 0) is 66.9 Å². The number of carbonyl (C=O) groups excluding carboxylic acids is 2. The molecule has 2 heterocycles. The van der Waals surface area contributed by atoms with Gasteiger partial charge in [-0.2, -0.15) is 0 Å². The molecule has 45 heavy (non-hydrogen) atoms. The van der Waals surface area contributed by atoms with Crippen molar-refractivity contribution in [2.24, 2.45) is 5.92 Å². The number of quaternary nitrogens is 1. The molecule has 2 unspecified atom stereocenters. The van der Waals surface area contributed by atoms with Gasteiger partial charge in [0, 0.05) is 17.3 Å². The molecular weight excluding hydrogens is 580 g/mol. The molecular formula is C35H46F2N3O5+. The first-order valence-corrected chi connectivity index (χ1v) is 15.7. The van der Waals surface area contributed by atoms with Gasteiger partial charge in [0.2, 0.25) is 5.91 Å². The average Bonchev–Trinajstić information content (AvgIpc) is 3.03. The summed E-state index contributed by atoms with van der Waals surface area (Å²) in [5.74, 6) is -1.63. The smallest absolute Gasteiger partial charge is 0.415 e. The molecule has 5 rings (SSSR count). The fourth-order valence-electron chi connectivity index (χ4n) is 5.46. The predicted molar refractivity (Wildman–Crippen MR) is 171 cm³/mol. The number of phenols is 1. The van der Waals surface area contributed by atoms with Gasteiger partial charge in [-0.15, -0.1) is 0 Å². The Morgan fingerprint density at radius 2 is 1.49 bits per heavy atom. The number of hydrogen-bond acceptors (Lipinski definition) is 5. The van der Waals surface area contributed by atoms with Gasteiger partial charge in [-0.3, -0.25) is 9.69 Å². The molecule has 0 radical (unpaired) electrons. The molecule has 10 heteroatoms. The van der Waals surface area contributed by atoms with Crippen LogP contribution in [0.2, 0.25) is 0 Å². The molecule has 0 spiro atoms. The van der Waals surface area contributed by atoms with Crippen molar-refractivity contribution >= 4 is 17.7 Å². The number of aliphatic hydroxyl groups is 1. The van der Waals surface area contributed by atoms with Crippen LogP contribution >= 0.6 is 0 Å². The van der Waals surface area contributed by atoms with Crippen molar-refractivity contribution in [3.63, 3.8) is 0 Å². The number of carbonyl (C=O) groups is 2. The van der Waals surface area contributed by atoms with E-state index in [-0.39, 0.29) is 23.8 Å². The fourth-order valence-corrected chi connectivity index (χ4v) is 5.46. The van der Waals surface area contributed by atoms with Crippen LogP contribution in [-0.4, -0.2) is 71.9 Å². The molecule has 2 saturated heterocycles. The van der Waals surface area contributed by atoms with Gasteiger partial charge in [-0.1, -0.05) is 39.8 Å². The number of likely N-dealkylation sites (N-methyl/N-ethyl adjacent to an activating group) is 1. The summed E-state index contributed by atoms with van der Waals surface area (Å²) in [6, 6.07) is 15.0. The van der Waals surface area contributed by atoms with Gasteiger partial charge >= 0.3 is 6.09 Å². The molecule has 2 fully saturated rings. The first-order chi connectivity index (χ1) is 21.5. The summed E-state index contributed by atoms with van der Waals surface area (Å²) < 4.78 is 33.3. The normalized spacial score (nSPS) is 19.3. The second-order valence-corrected chi connectivity index (χ2v) is 11.3. The fraction of sp³-hybridized carbons (Fsp3) is 0.429. The molecule has 3 aromatic carbocycles. The summed E-state index contributed by atoms with van der Waals surface area (Å²) in [7, 11) is 4.22. The molecule has 3 aromatic rings. The average molecular weight is 627 g/mol. The van der Waals surface area contributed by atoms with Crippen LogP contribution < -0.4 is 9.64 Å². The molecule has 2 N–H and O–H groups in total. The number of ether oxygens (including phenoxy) is 1. The first-order valence-electron chi connectivity index (χ1n) is 15.7. The third-order valence-electron chi connectivity index (χ3n) is 8.06. The SMILES string of the molecule is CC.CC.C[N+]1(C)CCN(C(=O)Oc2ccc(C3[C@@H](CCC(O)c4ccc(F)cc4)C(=O)N3c3ccc(F)cc3)c(O)c2)CC1. The van der Waals surface area contributed by atoms with Gasteiger partial charge in [0.25, 0.3) is 0 Å². The molecule has 2 aliphatic heterocycles. The lowest BCUT2D eigenvalue weighted by Gasteiger charge is -2.48. The topological polar surface area (TPSA) is 90.3 Å². The Morgan fingerprint density at radius 3 is 2.04 bits per heavy atom. The van der Waals surface area contributed by atoms with Gasteiger partial charge in [-0.25, -0.2) is 13.6 Å². The van der Waals surface area contributed by atoms with E-state index in [1.807, 2.05) is 27.7 Å². The van der Waals surface area contributed by atoms with E-state index < -0.39 is 35.8 Å². The summed E-state index contributed by atoms with van der Waals surface area (Å²) in [6.45, 7) is 10.8. The number of aliphatic hydroxyl groups excluding tert-OH is 1. The van der Waals surface area contributed by atoms with Crippen molar-refractivity contribution in [1.82, 2.24) is 4.90 Å². The second kappa shape index (κ2) is 15.8. The minimum absolute atomic E-state index is 0.152. The monoisotopic (exact) mass is 626 g/mol. The number of anilines is 1. The molecule has 0 saturated carbocycles. The van der Waals surface area contributed by atoms with Gasteiger partial charge in [0.05, 0.1) is 58.3 Å². The van der Waals surface area contributed by atoms with E-state index in [4.69, 9.17) is 4.74 Å². The van der Waals surface area contributed by atoms with E-state index in [1.54, 1.807) is 17.0 Å². The lowest BCUT2D eigenvalue weighted by molar-refractivity contribution is -0.894. The van der Waals surface area contributed by atoms with Crippen LogP contribution in [0.15, 0.2) is 66.7 Å². The van der Waals surface area contributed by atoms with E-state index >= 15 is 0 Å². The van der Waals surface area contributed by atoms with Crippen LogP contribution in [-0.2, 0) is 4.79 Å². The molecule has 244 valence electrons. The molecule has 3 atom stereocenters. The Hall–Kier alpha value is -4.02. The lowest BCUT2D eigenvalue weighted by atomic mass is 9.78. The zero-order valence-electron chi connectivity index (χ0n) is 27.0. The highest BCUT2D eigenvalue weighted by Crippen LogP contribution is 2.49. The number of piperazine rings is 1. The van der Waals surface area contributed by atoms with Crippen molar-refractivity contribution < 1.29 is 37.8 Å². The maximum Gasteiger partial charge on any atom is 0.415 e. The standard InChI is InChI=1S/C31H33F2N3O5.2C2H6/c1-36(2)17-15-34(16-18-36)31(40)41-24-11-12-25(28(38)19-24)29-26(13-14-27(37)20-3-5-21(32)6-4-20)30(39)35(29)23-9-7-22(33)8-10-23;2*1-2/h3-12,19,26-27,29,37H,13-18H2,1-2H3;2*1-2H3/p+1/t26-,27?,29?;;/m1../s1. The van der Waals surface area contributed by atoms with E-state index in [9.17, 15) is 28.6 Å². The van der Waals surface area contributed by atoms with Crippen molar-refractivity contribution in [3.8, 4) is 11.5 Å². The van der Waals surface area contributed by atoms with Crippen LogP contribution in [0.4, 0.5) is 19.3 Å². The van der Waals surface area contributed by atoms with Crippen LogP contribution in [0, 0.1) is 17.6 Å². The predicted octanol–water partition coefficient (Wildman–Crippen LogP) is 6.83. The number of phenolic OH excluding ortho intramolecular Hbond substituents is 1. The van der Waals surface area contributed by atoms with Crippen LogP contribution in [0.3, 0.4) is 0 Å². The van der Waals surface area contributed by atoms with Crippen LogP contribution in [0.5, 0.6) is 11.5 Å². The molecule has 2 amide bonds. The second-order valence-electron chi connectivity index (χ2n) is 11.3. The number of rotatable bonds is 7. The summed E-state index contributed by atoms with van der Waals surface area (Å²) >= 11 is 0. The Balaban J connectivity index is 0.00000133. The Labute approximate surface area is 265 Å². The summed E-state index contributed by atoms with van der Waals surface area (Å²) in [4.78, 5) is 29.1. The minimum atomic E-state index is -0.904. The van der Waals surface area contributed by atoms with E-state index in [1.165, 1.54) is 59.5 Å². The molecule has 0 aliphatic carbocycles. The Kier molecular flexibility index (Phi) is 12.5. The zero-order valence-corrected chi connectivity index (χ0v) is 27.0. The van der Waals surface area contributed by atoms with Crippen molar-refractivity contribution in [2.75, 3.05) is 45.2 Å². The Bertz CT molecular complexity index is 1410. The highest BCUT2D eigenvalue weighted by atomic mass is 19.1. The minimum Gasteiger partial charge on any atom is -0.507 e.